The molecular formula is C12H22N4O2. The number of nitrogen functional groups attached to an aromatic ring is 1. The van der Waals surface area contributed by atoms with Gasteiger partial charge in [0.25, 0.3) is 5.56 Å². The van der Waals surface area contributed by atoms with E-state index in [0.29, 0.717) is 6.54 Å². The summed E-state index contributed by atoms with van der Waals surface area (Å²) in [7, 11) is 0. The van der Waals surface area contributed by atoms with Gasteiger partial charge in [-0.05, 0) is 26.7 Å². The Morgan fingerprint density at radius 2 is 1.89 bits per heavy atom. The fourth-order valence-electron chi connectivity index (χ4n) is 1.63. The highest BCUT2D eigenvalue weighted by atomic mass is 16.2. The van der Waals surface area contributed by atoms with Crippen molar-refractivity contribution >= 4 is 11.5 Å². The molecule has 18 heavy (non-hydrogen) atoms. The Bertz CT molecular complexity index is 534. The molecular weight excluding hydrogens is 232 g/mol. The standard InChI is InChI=1S/C12H22N4O2/c1-7(2)6-16-9(13)8(15-12(3,4)5)10(17)14-11(16)18/h7,15H,6,13H2,1-5H3,(H,14,17,18). The quantitative estimate of drug-likeness (QED) is 0.749. The molecule has 0 aliphatic carbocycles. The Balaban J connectivity index is 3.36. The van der Waals surface area contributed by atoms with E-state index in [-0.39, 0.29) is 23.0 Å². The van der Waals surface area contributed by atoms with Crippen LogP contribution >= 0.6 is 0 Å². The SMILES string of the molecule is CC(C)Cn1c(N)c(NC(C)(C)C)c(=O)[nH]c1=O. The van der Waals surface area contributed by atoms with Gasteiger partial charge < -0.3 is 11.1 Å². The summed E-state index contributed by atoms with van der Waals surface area (Å²) >= 11 is 0. The van der Waals surface area contributed by atoms with Crippen LogP contribution in [0, 0.1) is 5.92 Å². The number of anilines is 2. The van der Waals surface area contributed by atoms with Crippen molar-refractivity contribution in [1.29, 1.82) is 0 Å². The molecule has 0 aromatic carbocycles. The monoisotopic (exact) mass is 254 g/mol. The molecule has 0 aliphatic rings. The zero-order valence-electron chi connectivity index (χ0n) is 11.6. The van der Waals surface area contributed by atoms with E-state index in [1.807, 2.05) is 34.6 Å². The van der Waals surface area contributed by atoms with E-state index >= 15 is 0 Å². The van der Waals surface area contributed by atoms with Gasteiger partial charge in [-0.1, -0.05) is 13.8 Å². The second kappa shape index (κ2) is 4.88. The van der Waals surface area contributed by atoms with Gasteiger partial charge in [-0.3, -0.25) is 14.3 Å². The summed E-state index contributed by atoms with van der Waals surface area (Å²) < 4.78 is 1.39. The Kier molecular flexibility index (Phi) is 3.88. The minimum Gasteiger partial charge on any atom is -0.383 e. The first kappa shape index (κ1) is 14.3. The maximum absolute atomic E-state index is 11.8. The number of nitrogens with two attached hydrogens (primary N) is 1. The van der Waals surface area contributed by atoms with Gasteiger partial charge in [-0.25, -0.2) is 4.79 Å². The van der Waals surface area contributed by atoms with Crippen molar-refractivity contribution < 1.29 is 0 Å². The van der Waals surface area contributed by atoms with E-state index in [9.17, 15) is 9.59 Å². The molecule has 6 heteroatoms. The number of aromatic nitrogens is 2. The van der Waals surface area contributed by atoms with Gasteiger partial charge in [0, 0.05) is 12.1 Å². The molecule has 0 fully saturated rings. The molecule has 1 aromatic heterocycles. The summed E-state index contributed by atoms with van der Waals surface area (Å²) in [6, 6.07) is 0. The van der Waals surface area contributed by atoms with E-state index in [0.717, 1.165) is 0 Å². The summed E-state index contributed by atoms with van der Waals surface area (Å²) in [5.41, 5.74) is 4.92. The zero-order chi connectivity index (χ0) is 14.1. The van der Waals surface area contributed by atoms with Crippen LogP contribution in [-0.2, 0) is 6.54 Å². The largest absolute Gasteiger partial charge is 0.383 e. The molecule has 102 valence electrons. The van der Waals surface area contributed by atoms with Crippen molar-refractivity contribution in [1.82, 2.24) is 9.55 Å². The molecule has 4 N–H and O–H groups in total. The molecule has 6 nitrogen and oxygen atoms in total. The van der Waals surface area contributed by atoms with Crippen LogP contribution in [0.15, 0.2) is 9.59 Å². The molecule has 0 spiro atoms. The normalized spacial score (nSPS) is 11.9. The maximum atomic E-state index is 11.8. The maximum Gasteiger partial charge on any atom is 0.330 e. The average Bonchev–Trinajstić information content (AvgIpc) is 2.17. The van der Waals surface area contributed by atoms with Gasteiger partial charge in [0.1, 0.15) is 11.5 Å². The molecule has 1 heterocycles. The van der Waals surface area contributed by atoms with Crippen molar-refractivity contribution in [2.75, 3.05) is 11.1 Å². The van der Waals surface area contributed by atoms with E-state index in [1.165, 1.54) is 4.57 Å². The van der Waals surface area contributed by atoms with E-state index in [1.54, 1.807) is 0 Å². The molecule has 0 aliphatic heterocycles. The van der Waals surface area contributed by atoms with E-state index in [4.69, 9.17) is 5.73 Å². The molecule has 0 unspecified atom stereocenters. The van der Waals surface area contributed by atoms with Crippen LogP contribution < -0.4 is 22.3 Å². The van der Waals surface area contributed by atoms with Gasteiger partial charge in [0.15, 0.2) is 0 Å². The van der Waals surface area contributed by atoms with Crippen LogP contribution in [0.1, 0.15) is 34.6 Å². The lowest BCUT2D eigenvalue weighted by atomic mass is 10.1. The molecule has 0 bridgehead atoms. The highest BCUT2D eigenvalue weighted by molar-refractivity contribution is 5.61. The number of hydrogen-bond acceptors (Lipinski definition) is 4. The number of H-pyrrole nitrogens is 1. The van der Waals surface area contributed by atoms with Gasteiger partial charge in [0.05, 0.1) is 0 Å². The number of hydrogen-bond donors (Lipinski definition) is 3. The molecule has 0 saturated carbocycles. The predicted octanol–water partition coefficient (Wildman–Crippen LogP) is 0.985. The number of nitrogens with one attached hydrogen (secondary N) is 2. The summed E-state index contributed by atoms with van der Waals surface area (Å²) in [5.74, 6) is 0.450. The summed E-state index contributed by atoms with van der Waals surface area (Å²) in [6.45, 7) is 10.2. The Morgan fingerprint density at radius 1 is 1.33 bits per heavy atom. The number of nitrogens with zero attached hydrogens (tertiary/aromatic N) is 1. The van der Waals surface area contributed by atoms with Crippen LogP contribution in [0.4, 0.5) is 11.5 Å². The average molecular weight is 254 g/mol. The summed E-state index contributed by atoms with van der Waals surface area (Å²) in [5, 5.41) is 3.03. The second-order valence-corrected chi connectivity index (χ2v) is 5.90. The van der Waals surface area contributed by atoms with Crippen molar-refractivity contribution in [2.45, 2.75) is 46.7 Å². The third-order valence-corrected chi connectivity index (χ3v) is 2.29. The van der Waals surface area contributed by atoms with Crippen molar-refractivity contribution in [2.24, 2.45) is 5.92 Å². The van der Waals surface area contributed by atoms with Gasteiger partial charge in [-0.15, -0.1) is 0 Å². The zero-order valence-corrected chi connectivity index (χ0v) is 11.6. The molecule has 0 radical (unpaired) electrons. The lowest BCUT2D eigenvalue weighted by Gasteiger charge is -2.23. The summed E-state index contributed by atoms with van der Waals surface area (Å²) in [6.07, 6.45) is 0. The van der Waals surface area contributed by atoms with Gasteiger partial charge in [0.2, 0.25) is 0 Å². The van der Waals surface area contributed by atoms with E-state index in [2.05, 4.69) is 10.3 Å². The highest BCUT2D eigenvalue weighted by Crippen LogP contribution is 2.16. The van der Waals surface area contributed by atoms with Crippen LogP contribution in [0.2, 0.25) is 0 Å². The third kappa shape index (κ3) is 3.38. The van der Waals surface area contributed by atoms with Crippen LogP contribution in [0.5, 0.6) is 0 Å². The van der Waals surface area contributed by atoms with Gasteiger partial charge >= 0.3 is 5.69 Å². The van der Waals surface area contributed by atoms with Crippen LogP contribution in [0.25, 0.3) is 0 Å². The fourth-order valence-corrected chi connectivity index (χ4v) is 1.63. The van der Waals surface area contributed by atoms with Crippen molar-refractivity contribution in [3.05, 3.63) is 20.8 Å². The van der Waals surface area contributed by atoms with Crippen LogP contribution in [0.3, 0.4) is 0 Å². The number of aromatic amines is 1. The topological polar surface area (TPSA) is 92.9 Å². The molecule has 0 saturated heterocycles. The smallest absolute Gasteiger partial charge is 0.330 e. The first-order valence-corrected chi connectivity index (χ1v) is 6.02. The van der Waals surface area contributed by atoms with Gasteiger partial charge in [-0.2, -0.15) is 0 Å². The fraction of sp³-hybridized carbons (Fsp3) is 0.667. The molecule has 0 atom stereocenters. The van der Waals surface area contributed by atoms with Crippen molar-refractivity contribution in [3.8, 4) is 0 Å². The molecule has 0 amide bonds. The minimum absolute atomic E-state index is 0.187. The summed E-state index contributed by atoms with van der Waals surface area (Å²) in [4.78, 5) is 25.8. The lowest BCUT2D eigenvalue weighted by molar-refractivity contribution is 0.507. The van der Waals surface area contributed by atoms with Crippen LogP contribution in [-0.4, -0.2) is 15.1 Å². The predicted molar refractivity (Wildman–Crippen MR) is 73.9 cm³/mol. The lowest BCUT2D eigenvalue weighted by Crippen LogP contribution is -2.38. The minimum atomic E-state index is -0.479. The van der Waals surface area contributed by atoms with E-state index < -0.39 is 11.2 Å². The molecule has 1 aromatic rings. The first-order chi connectivity index (χ1) is 8.11. The Morgan fingerprint density at radius 3 is 2.33 bits per heavy atom. The third-order valence-electron chi connectivity index (χ3n) is 2.29. The Labute approximate surface area is 106 Å². The molecule has 1 rings (SSSR count). The highest BCUT2D eigenvalue weighted by Gasteiger charge is 2.18. The Hall–Kier alpha value is -1.72. The second-order valence-electron chi connectivity index (χ2n) is 5.90. The number of rotatable bonds is 3. The van der Waals surface area contributed by atoms with Crippen molar-refractivity contribution in [3.63, 3.8) is 0 Å². The first-order valence-electron chi connectivity index (χ1n) is 6.02.